The van der Waals surface area contributed by atoms with Crippen LogP contribution in [-0.4, -0.2) is 17.4 Å². The fourth-order valence-electron chi connectivity index (χ4n) is 1.16. The lowest BCUT2D eigenvalue weighted by Crippen LogP contribution is -1.88. The topological polar surface area (TPSA) is 85.7 Å². The van der Waals surface area contributed by atoms with E-state index in [-0.39, 0.29) is 11.6 Å². The molecule has 15 heavy (non-hydrogen) atoms. The van der Waals surface area contributed by atoms with Crippen molar-refractivity contribution in [3.05, 3.63) is 28.8 Å². The molecule has 6 nitrogen and oxygen atoms in total. The lowest BCUT2D eigenvalue weighted by Gasteiger charge is -2.04. The first kappa shape index (κ1) is 9.32. The van der Waals surface area contributed by atoms with Crippen LogP contribution in [0.4, 0.5) is 0 Å². The molecule has 1 aromatic carbocycles. The molecule has 2 rings (SSSR count). The van der Waals surface area contributed by atoms with Gasteiger partial charge in [0.1, 0.15) is 11.5 Å². The van der Waals surface area contributed by atoms with E-state index in [1.54, 1.807) is 0 Å². The highest BCUT2D eigenvalue weighted by molar-refractivity contribution is 5.63. The van der Waals surface area contributed by atoms with Crippen LogP contribution in [0.1, 0.15) is 0 Å². The highest BCUT2D eigenvalue weighted by atomic mass is 16.6. The molecule has 0 amide bonds. The van der Waals surface area contributed by atoms with Gasteiger partial charge in [-0.15, -0.1) is 0 Å². The molecule has 0 saturated carbocycles. The van der Waals surface area contributed by atoms with E-state index < -0.39 is 5.82 Å². The third kappa shape index (κ3) is 1.69. The van der Waals surface area contributed by atoms with Gasteiger partial charge >= 0.3 is 5.82 Å². The Labute approximate surface area is 83.7 Å². The van der Waals surface area contributed by atoms with Crippen LogP contribution in [0.3, 0.4) is 0 Å². The van der Waals surface area contributed by atoms with Crippen molar-refractivity contribution < 1.29 is 18.8 Å². The molecular weight excluding hydrogens is 202 g/mol. The Morgan fingerprint density at radius 1 is 1.47 bits per heavy atom. The maximum atomic E-state index is 10.6. The minimum atomic E-state index is -0.889. The number of hydrogen-bond acceptors (Lipinski definition) is 6. The molecule has 0 bridgehead atoms. The molecule has 0 saturated heterocycles. The van der Waals surface area contributed by atoms with Crippen molar-refractivity contribution in [1.29, 1.82) is 0 Å². The van der Waals surface area contributed by atoms with E-state index in [2.05, 4.69) is 14.1 Å². The van der Waals surface area contributed by atoms with Gasteiger partial charge in [-0.1, -0.05) is 0 Å². The molecule has 0 aliphatic rings. The summed E-state index contributed by atoms with van der Waals surface area (Å²) in [5.41, 5.74) is 0.432. The van der Waals surface area contributed by atoms with Gasteiger partial charge in [0.05, 0.1) is 12.7 Å². The van der Waals surface area contributed by atoms with Crippen molar-refractivity contribution in [2.24, 2.45) is 0 Å². The van der Waals surface area contributed by atoms with Gasteiger partial charge in [-0.3, -0.25) is 4.52 Å². The lowest BCUT2D eigenvalue weighted by atomic mass is 10.2. The molecular formula is C9H7NO5. The van der Waals surface area contributed by atoms with E-state index in [4.69, 9.17) is 4.74 Å². The van der Waals surface area contributed by atoms with Gasteiger partial charge in [-0.05, 0) is 17.3 Å². The van der Waals surface area contributed by atoms with Gasteiger partial charge in [0, 0.05) is 6.07 Å². The zero-order valence-electron chi connectivity index (χ0n) is 7.76. The summed E-state index contributed by atoms with van der Waals surface area (Å²) in [4.78, 5) is 10.6. The number of aromatic hydroxyl groups is 1. The van der Waals surface area contributed by atoms with E-state index in [0.29, 0.717) is 11.3 Å². The smallest absolute Gasteiger partial charge is 0.508 e. The van der Waals surface area contributed by atoms with Crippen molar-refractivity contribution in [3.63, 3.8) is 0 Å². The van der Waals surface area contributed by atoms with Crippen molar-refractivity contribution >= 4 is 0 Å². The fourth-order valence-corrected chi connectivity index (χ4v) is 1.16. The molecule has 2 aromatic rings. The number of nitrogens with zero attached hydrogens (tertiary/aromatic N) is 1. The summed E-state index contributed by atoms with van der Waals surface area (Å²) in [6.45, 7) is 0. The van der Waals surface area contributed by atoms with Crippen LogP contribution in [0, 0.1) is 0 Å². The molecule has 0 spiro atoms. The van der Waals surface area contributed by atoms with Crippen molar-refractivity contribution in [2.45, 2.75) is 0 Å². The normalized spacial score (nSPS) is 10.2. The van der Waals surface area contributed by atoms with Crippen molar-refractivity contribution in [1.82, 2.24) is 5.16 Å². The summed E-state index contributed by atoms with van der Waals surface area (Å²) in [5, 5.41) is 12.6. The van der Waals surface area contributed by atoms with Gasteiger partial charge in [0.25, 0.3) is 5.89 Å². The SMILES string of the molecule is COc1cc(O)ccc1-c1noc(=O)o1. The molecule has 0 radical (unpaired) electrons. The summed E-state index contributed by atoms with van der Waals surface area (Å²) < 4.78 is 13.9. The van der Waals surface area contributed by atoms with Crippen LogP contribution in [0.25, 0.3) is 11.5 Å². The van der Waals surface area contributed by atoms with E-state index >= 15 is 0 Å². The number of rotatable bonds is 2. The minimum absolute atomic E-state index is 0.0110. The Kier molecular flexibility index (Phi) is 2.17. The Bertz CT molecular complexity index is 527. The second-order valence-corrected chi connectivity index (χ2v) is 2.72. The van der Waals surface area contributed by atoms with Crippen molar-refractivity contribution in [3.8, 4) is 23.0 Å². The maximum Gasteiger partial charge on any atom is 0.542 e. The first-order valence-corrected chi connectivity index (χ1v) is 4.05. The monoisotopic (exact) mass is 209 g/mol. The molecule has 1 N–H and O–H groups in total. The predicted octanol–water partition coefficient (Wildman–Crippen LogP) is 1.01. The third-order valence-corrected chi connectivity index (χ3v) is 1.80. The number of phenolic OH excluding ortho intramolecular Hbond substituents is 1. The van der Waals surface area contributed by atoms with E-state index in [1.807, 2.05) is 0 Å². The first-order valence-electron chi connectivity index (χ1n) is 4.05. The largest absolute Gasteiger partial charge is 0.542 e. The summed E-state index contributed by atoms with van der Waals surface area (Å²) in [6.07, 6.45) is 0. The van der Waals surface area contributed by atoms with Gasteiger partial charge in [-0.2, -0.15) is 0 Å². The van der Waals surface area contributed by atoms with E-state index in [1.165, 1.54) is 25.3 Å². The van der Waals surface area contributed by atoms with Crippen LogP contribution < -0.4 is 10.6 Å². The lowest BCUT2D eigenvalue weighted by molar-refractivity contribution is 0.335. The molecule has 1 heterocycles. The van der Waals surface area contributed by atoms with E-state index in [9.17, 15) is 9.90 Å². The summed E-state index contributed by atoms with van der Waals surface area (Å²) >= 11 is 0. The maximum absolute atomic E-state index is 10.6. The molecule has 6 heteroatoms. The highest BCUT2D eigenvalue weighted by Crippen LogP contribution is 2.30. The number of hydrogen-bond donors (Lipinski definition) is 1. The zero-order valence-corrected chi connectivity index (χ0v) is 7.76. The number of aromatic nitrogens is 1. The quantitative estimate of drug-likeness (QED) is 0.794. The second kappa shape index (κ2) is 3.49. The first-order chi connectivity index (χ1) is 7.20. The van der Waals surface area contributed by atoms with Crippen LogP contribution in [0.2, 0.25) is 0 Å². The van der Waals surface area contributed by atoms with Gasteiger partial charge in [0.15, 0.2) is 0 Å². The Morgan fingerprint density at radius 2 is 2.27 bits per heavy atom. The van der Waals surface area contributed by atoms with Gasteiger partial charge < -0.3 is 14.3 Å². The van der Waals surface area contributed by atoms with Crippen LogP contribution in [0.15, 0.2) is 31.9 Å². The molecule has 1 aromatic heterocycles. The average Bonchev–Trinajstić information content (AvgIpc) is 2.64. The highest BCUT2D eigenvalue weighted by Gasteiger charge is 2.13. The summed E-state index contributed by atoms with van der Waals surface area (Å²) in [7, 11) is 1.43. The fraction of sp³-hybridized carbons (Fsp3) is 0.111. The summed E-state index contributed by atoms with van der Waals surface area (Å²) in [6, 6.07) is 4.31. The number of methoxy groups -OCH3 is 1. The number of benzene rings is 1. The van der Waals surface area contributed by atoms with Crippen LogP contribution >= 0.6 is 0 Å². The Hall–Kier alpha value is -2.24. The molecule has 0 unspecified atom stereocenters. The Morgan fingerprint density at radius 3 is 2.87 bits per heavy atom. The summed E-state index contributed by atoms with van der Waals surface area (Å²) in [5.74, 6) is -0.495. The predicted molar refractivity (Wildman–Crippen MR) is 48.7 cm³/mol. The number of phenols is 1. The number of ether oxygens (including phenoxy) is 1. The zero-order chi connectivity index (χ0) is 10.8. The van der Waals surface area contributed by atoms with E-state index in [0.717, 1.165) is 0 Å². The minimum Gasteiger partial charge on any atom is -0.508 e. The van der Waals surface area contributed by atoms with Crippen molar-refractivity contribution in [2.75, 3.05) is 7.11 Å². The molecule has 0 atom stereocenters. The van der Waals surface area contributed by atoms with Gasteiger partial charge in [0.2, 0.25) is 0 Å². The molecule has 78 valence electrons. The molecule has 0 aliphatic heterocycles. The molecule has 0 aliphatic carbocycles. The standard InChI is InChI=1S/C9H7NO5/c1-13-7-4-5(11)2-3-6(7)8-10-15-9(12)14-8/h2-4,11H,1H3. The average molecular weight is 209 g/mol. The van der Waals surface area contributed by atoms with Crippen LogP contribution in [0.5, 0.6) is 11.5 Å². The molecule has 0 fully saturated rings. The Balaban J connectivity index is 2.57. The van der Waals surface area contributed by atoms with Gasteiger partial charge in [-0.25, -0.2) is 4.79 Å². The third-order valence-electron chi connectivity index (χ3n) is 1.80. The second-order valence-electron chi connectivity index (χ2n) is 2.72. The van der Waals surface area contributed by atoms with Crippen LogP contribution in [-0.2, 0) is 0 Å².